The molecule has 0 heterocycles. The number of nitro groups is 1. The second-order valence-electron chi connectivity index (χ2n) is 3.95. The lowest BCUT2D eigenvalue weighted by Gasteiger charge is -2.06. The zero-order valence-corrected chi connectivity index (χ0v) is 8.36. The number of nitriles is 1. The van der Waals surface area contributed by atoms with Gasteiger partial charge in [0.2, 0.25) is 0 Å². The van der Waals surface area contributed by atoms with Crippen molar-refractivity contribution in [3.63, 3.8) is 0 Å². The van der Waals surface area contributed by atoms with E-state index < -0.39 is 10.3 Å². The third kappa shape index (κ3) is 1.46. The molecule has 0 radical (unpaired) electrons. The van der Waals surface area contributed by atoms with Crippen molar-refractivity contribution in [1.29, 1.82) is 5.26 Å². The number of hydrogen-bond acceptors (Lipinski definition) is 3. The lowest BCUT2D eigenvalue weighted by Crippen LogP contribution is -2.04. The first kappa shape index (κ1) is 9.66. The summed E-state index contributed by atoms with van der Waals surface area (Å²) in [7, 11) is 0. The number of nitro benzene ring substituents is 1. The molecule has 0 amide bonds. The van der Waals surface area contributed by atoms with Crippen LogP contribution in [0.4, 0.5) is 5.69 Å². The Hall–Kier alpha value is -1.89. The highest BCUT2D eigenvalue weighted by molar-refractivity contribution is 5.49. The van der Waals surface area contributed by atoms with Crippen LogP contribution < -0.4 is 0 Å². The average molecular weight is 202 g/mol. The fourth-order valence-corrected chi connectivity index (χ4v) is 1.69. The van der Waals surface area contributed by atoms with Crippen molar-refractivity contribution < 1.29 is 4.92 Å². The highest BCUT2D eigenvalue weighted by atomic mass is 16.6. The third-order valence-corrected chi connectivity index (χ3v) is 2.92. The number of rotatable bonds is 2. The maximum atomic E-state index is 10.7. The molecule has 1 saturated carbocycles. The summed E-state index contributed by atoms with van der Waals surface area (Å²) in [4.78, 5) is 10.3. The number of hydrogen-bond donors (Lipinski definition) is 0. The van der Waals surface area contributed by atoms with Gasteiger partial charge < -0.3 is 0 Å². The first-order valence-corrected chi connectivity index (χ1v) is 4.76. The Morgan fingerprint density at radius 3 is 2.67 bits per heavy atom. The van der Waals surface area contributed by atoms with Crippen LogP contribution in [0, 0.1) is 28.4 Å². The summed E-state index contributed by atoms with van der Waals surface area (Å²) in [6.07, 6.45) is 1.62. The van der Waals surface area contributed by atoms with Gasteiger partial charge in [0.25, 0.3) is 5.69 Å². The van der Waals surface area contributed by atoms with Crippen molar-refractivity contribution in [3.05, 3.63) is 39.4 Å². The van der Waals surface area contributed by atoms with Gasteiger partial charge in [-0.1, -0.05) is 12.1 Å². The van der Waals surface area contributed by atoms with Crippen LogP contribution in [-0.2, 0) is 5.41 Å². The quantitative estimate of drug-likeness (QED) is 0.546. The molecule has 0 bridgehead atoms. The van der Waals surface area contributed by atoms with E-state index in [0.29, 0.717) is 5.56 Å². The van der Waals surface area contributed by atoms with Crippen molar-refractivity contribution in [1.82, 2.24) is 0 Å². The summed E-state index contributed by atoms with van der Waals surface area (Å²) in [5, 5.41) is 19.7. The Labute approximate surface area is 87.3 Å². The average Bonchev–Trinajstić information content (AvgIpc) is 2.99. The van der Waals surface area contributed by atoms with Gasteiger partial charge in [-0.25, -0.2) is 0 Å². The Morgan fingerprint density at radius 1 is 1.53 bits per heavy atom. The normalized spacial score (nSPS) is 16.8. The molecule has 1 aromatic carbocycles. The molecule has 0 aliphatic heterocycles. The fraction of sp³-hybridized carbons (Fsp3) is 0.364. The van der Waals surface area contributed by atoms with Crippen LogP contribution in [-0.4, -0.2) is 4.92 Å². The fourth-order valence-electron chi connectivity index (χ4n) is 1.69. The molecule has 0 unspecified atom stereocenters. The van der Waals surface area contributed by atoms with Gasteiger partial charge in [-0.15, -0.1) is 0 Å². The Morgan fingerprint density at radius 2 is 2.20 bits per heavy atom. The maximum absolute atomic E-state index is 10.7. The van der Waals surface area contributed by atoms with Crippen LogP contribution in [0.5, 0.6) is 0 Å². The van der Waals surface area contributed by atoms with Crippen LogP contribution in [0.25, 0.3) is 0 Å². The number of nitrogens with zero attached hydrogens (tertiary/aromatic N) is 2. The van der Waals surface area contributed by atoms with E-state index in [2.05, 4.69) is 6.07 Å². The second-order valence-corrected chi connectivity index (χ2v) is 3.95. The summed E-state index contributed by atoms with van der Waals surface area (Å²) >= 11 is 0. The van der Waals surface area contributed by atoms with Crippen LogP contribution in [0.1, 0.15) is 24.0 Å². The SMILES string of the molecule is Cc1ccc(C2(C#N)CC2)cc1[N+](=O)[O-]. The van der Waals surface area contributed by atoms with Gasteiger partial charge in [-0.05, 0) is 25.3 Å². The van der Waals surface area contributed by atoms with Gasteiger partial charge in [0, 0.05) is 11.6 Å². The van der Waals surface area contributed by atoms with E-state index in [0.717, 1.165) is 18.4 Å². The van der Waals surface area contributed by atoms with Crippen LogP contribution in [0.2, 0.25) is 0 Å². The molecule has 0 N–H and O–H groups in total. The van der Waals surface area contributed by atoms with E-state index in [9.17, 15) is 10.1 Å². The van der Waals surface area contributed by atoms with E-state index >= 15 is 0 Å². The molecule has 4 heteroatoms. The molecule has 4 nitrogen and oxygen atoms in total. The van der Waals surface area contributed by atoms with Crippen molar-refractivity contribution in [2.24, 2.45) is 0 Å². The zero-order valence-electron chi connectivity index (χ0n) is 8.36. The molecule has 15 heavy (non-hydrogen) atoms. The largest absolute Gasteiger partial charge is 0.272 e. The first-order chi connectivity index (χ1) is 7.09. The van der Waals surface area contributed by atoms with Crippen LogP contribution in [0.15, 0.2) is 18.2 Å². The molecular weight excluding hydrogens is 192 g/mol. The maximum Gasteiger partial charge on any atom is 0.272 e. The molecule has 1 fully saturated rings. The monoisotopic (exact) mass is 202 g/mol. The van der Waals surface area contributed by atoms with Gasteiger partial charge in [-0.2, -0.15) is 5.26 Å². The lowest BCUT2D eigenvalue weighted by atomic mass is 9.96. The van der Waals surface area contributed by atoms with E-state index in [4.69, 9.17) is 5.26 Å². The topological polar surface area (TPSA) is 66.9 Å². The van der Waals surface area contributed by atoms with E-state index in [-0.39, 0.29) is 5.69 Å². The number of aryl methyl sites for hydroxylation is 1. The molecule has 1 aromatic rings. The van der Waals surface area contributed by atoms with Gasteiger partial charge in [0.1, 0.15) is 0 Å². The van der Waals surface area contributed by atoms with Crippen molar-refractivity contribution in [2.75, 3.05) is 0 Å². The molecule has 0 atom stereocenters. The van der Waals surface area contributed by atoms with Gasteiger partial charge in [-0.3, -0.25) is 10.1 Å². The predicted octanol–water partition coefficient (Wildman–Crippen LogP) is 2.46. The smallest absolute Gasteiger partial charge is 0.258 e. The molecule has 0 spiro atoms. The summed E-state index contributed by atoms with van der Waals surface area (Å²) in [6.45, 7) is 1.70. The van der Waals surface area contributed by atoms with Crippen molar-refractivity contribution in [3.8, 4) is 6.07 Å². The minimum atomic E-state index is -0.446. The predicted molar refractivity (Wildman–Crippen MR) is 54.4 cm³/mol. The van der Waals surface area contributed by atoms with Crippen LogP contribution >= 0.6 is 0 Å². The summed E-state index contributed by atoms with van der Waals surface area (Å²) < 4.78 is 0. The summed E-state index contributed by atoms with van der Waals surface area (Å²) in [5.74, 6) is 0. The Kier molecular flexibility index (Phi) is 1.97. The van der Waals surface area contributed by atoms with E-state index in [1.807, 2.05) is 6.07 Å². The molecule has 2 rings (SSSR count). The van der Waals surface area contributed by atoms with Gasteiger partial charge in [0.15, 0.2) is 0 Å². The second kappa shape index (κ2) is 3.06. The minimum Gasteiger partial charge on any atom is -0.258 e. The van der Waals surface area contributed by atoms with Gasteiger partial charge in [0.05, 0.1) is 16.4 Å². The Bertz CT molecular complexity index is 470. The van der Waals surface area contributed by atoms with Crippen molar-refractivity contribution >= 4 is 5.69 Å². The lowest BCUT2D eigenvalue weighted by molar-refractivity contribution is -0.385. The molecule has 0 aromatic heterocycles. The molecule has 76 valence electrons. The summed E-state index contributed by atoms with van der Waals surface area (Å²) in [5.41, 5.74) is 1.08. The standard InChI is InChI=1S/C11H10N2O2/c1-8-2-3-9(6-10(8)13(14)15)11(7-12)4-5-11/h2-3,6H,4-5H2,1H3. The third-order valence-electron chi connectivity index (χ3n) is 2.92. The molecular formula is C11H10N2O2. The molecule has 1 aliphatic carbocycles. The van der Waals surface area contributed by atoms with E-state index in [1.54, 1.807) is 13.0 Å². The molecule has 1 aliphatic rings. The number of benzene rings is 1. The summed E-state index contributed by atoms with van der Waals surface area (Å²) in [6, 6.07) is 7.30. The van der Waals surface area contributed by atoms with Crippen molar-refractivity contribution in [2.45, 2.75) is 25.2 Å². The highest BCUT2D eigenvalue weighted by Crippen LogP contribution is 2.48. The van der Waals surface area contributed by atoms with Crippen LogP contribution in [0.3, 0.4) is 0 Å². The Balaban J connectivity index is 2.49. The minimum absolute atomic E-state index is 0.106. The zero-order chi connectivity index (χ0) is 11.1. The highest BCUT2D eigenvalue weighted by Gasteiger charge is 2.45. The first-order valence-electron chi connectivity index (χ1n) is 4.76. The molecule has 0 saturated heterocycles. The van der Waals surface area contributed by atoms with Gasteiger partial charge >= 0.3 is 0 Å². The van der Waals surface area contributed by atoms with E-state index in [1.165, 1.54) is 6.07 Å².